The molecule has 2 N–H and O–H groups in total. The number of rotatable bonds is 5. The predicted octanol–water partition coefficient (Wildman–Crippen LogP) is 3.82. The number of nitrogens with zero attached hydrogens (tertiary/aromatic N) is 2. The highest BCUT2D eigenvalue weighted by Gasteiger charge is 2.07. The van der Waals surface area contributed by atoms with Gasteiger partial charge in [0.05, 0.1) is 0 Å². The van der Waals surface area contributed by atoms with Crippen LogP contribution in [-0.4, -0.2) is 15.3 Å². The number of anilines is 1. The van der Waals surface area contributed by atoms with Gasteiger partial charge in [0.25, 0.3) is 0 Å². The summed E-state index contributed by atoms with van der Waals surface area (Å²) >= 11 is 4.95. The third kappa shape index (κ3) is 4.18. The number of hydrogen-bond acceptors (Lipinski definition) is 5. The molecule has 0 atom stereocenters. The van der Waals surface area contributed by atoms with Crippen molar-refractivity contribution in [3.63, 3.8) is 0 Å². The number of phenols is 1. The maximum Gasteiger partial charge on any atom is 0.205 e. The van der Waals surface area contributed by atoms with Crippen LogP contribution in [0.1, 0.15) is 24.4 Å². The Labute approximate surface area is 125 Å². The highest BCUT2D eigenvalue weighted by atomic mass is 79.9. The zero-order valence-electron chi connectivity index (χ0n) is 10.9. The highest BCUT2D eigenvalue weighted by molar-refractivity contribution is 9.10. The summed E-state index contributed by atoms with van der Waals surface area (Å²) in [7, 11) is 0. The van der Waals surface area contributed by atoms with E-state index in [0.29, 0.717) is 12.5 Å². The molecular formula is C13H16BrN3OS. The minimum Gasteiger partial charge on any atom is -0.508 e. The summed E-state index contributed by atoms with van der Waals surface area (Å²) in [6.07, 6.45) is 0.946. The first-order valence-electron chi connectivity index (χ1n) is 6.08. The van der Waals surface area contributed by atoms with Gasteiger partial charge >= 0.3 is 0 Å². The minimum atomic E-state index is 0.280. The quantitative estimate of drug-likeness (QED) is 0.867. The molecule has 1 aromatic heterocycles. The van der Waals surface area contributed by atoms with Crippen molar-refractivity contribution in [2.45, 2.75) is 26.8 Å². The first kappa shape index (κ1) is 14.3. The number of aromatic nitrogens is 2. The lowest BCUT2D eigenvalue weighted by Crippen LogP contribution is -1.99. The van der Waals surface area contributed by atoms with Crippen LogP contribution in [0.25, 0.3) is 0 Å². The van der Waals surface area contributed by atoms with Crippen LogP contribution in [0.15, 0.2) is 22.7 Å². The molecule has 6 heteroatoms. The van der Waals surface area contributed by atoms with Crippen molar-refractivity contribution < 1.29 is 5.11 Å². The summed E-state index contributed by atoms with van der Waals surface area (Å²) in [5.41, 5.74) is 0.829. The maximum atomic E-state index is 9.74. The summed E-state index contributed by atoms with van der Waals surface area (Å²) in [5, 5.41) is 23.0. The fraction of sp³-hybridized carbons (Fsp3) is 0.385. The third-order valence-electron chi connectivity index (χ3n) is 2.52. The molecule has 2 aromatic rings. The molecule has 0 aliphatic heterocycles. The van der Waals surface area contributed by atoms with Gasteiger partial charge in [0, 0.05) is 23.0 Å². The molecule has 0 radical (unpaired) electrons. The van der Waals surface area contributed by atoms with Crippen molar-refractivity contribution in [2.75, 3.05) is 5.32 Å². The van der Waals surface area contributed by atoms with Crippen LogP contribution in [0.5, 0.6) is 5.75 Å². The van der Waals surface area contributed by atoms with E-state index in [1.807, 2.05) is 12.1 Å². The Hall–Kier alpha value is -1.14. The van der Waals surface area contributed by atoms with Crippen LogP contribution in [0, 0.1) is 5.92 Å². The average Bonchev–Trinajstić information content (AvgIpc) is 2.77. The molecule has 4 nitrogen and oxygen atoms in total. The van der Waals surface area contributed by atoms with Crippen molar-refractivity contribution in [1.29, 1.82) is 0 Å². The number of benzene rings is 1. The fourth-order valence-electron chi connectivity index (χ4n) is 1.62. The second-order valence-corrected chi connectivity index (χ2v) is 6.70. The van der Waals surface area contributed by atoms with Crippen molar-refractivity contribution in [3.8, 4) is 5.75 Å². The number of halogens is 1. The van der Waals surface area contributed by atoms with E-state index in [4.69, 9.17) is 0 Å². The minimum absolute atomic E-state index is 0.280. The molecule has 0 aliphatic rings. The number of hydrogen-bond donors (Lipinski definition) is 2. The fourth-order valence-corrected chi connectivity index (χ4v) is 2.98. The Morgan fingerprint density at radius 2 is 2.16 bits per heavy atom. The van der Waals surface area contributed by atoms with Crippen LogP contribution in [0.3, 0.4) is 0 Å². The SMILES string of the molecule is CC(C)Cc1nnc(NCc2cc(Br)ccc2O)s1. The van der Waals surface area contributed by atoms with Gasteiger partial charge < -0.3 is 10.4 Å². The second-order valence-electron chi connectivity index (χ2n) is 4.73. The van der Waals surface area contributed by atoms with E-state index in [9.17, 15) is 5.11 Å². The summed E-state index contributed by atoms with van der Waals surface area (Å²) in [6, 6.07) is 5.37. The third-order valence-corrected chi connectivity index (χ3v) is 3.92. The lowest BCUT2D eigenvalue weighted by atomic mass is 10.1. The van der Waals surface area contributed by atoms with Gasteiger partial charge in [0.2, 0.25) is 5.13 Å². The van der Waals surface area contributed by atoms with Gasteiger partial charge in [-0.1, -0.05) is 41.1 Å². The number of phenolic OH excluding ortho intramolecular Hbond substituents is 1. The smallest absolute Gasteiger partial charge is 0.205 e. The molecule has 0 bridgehead atoms. The lowest BCUT2D eigenvalue weighted by molar-refractivity contribution is 0.469. The summed E-state index contributed by atoms with van der Waals surface area (Å²) in [6.45, 7) is 4.85. The first-order chi connectivity index (χ1) is 9.04. The Bertz CT molecular complexity index is 557. The van der Waals surface area contributed by atoms with Crippen LogP contribution in [-0.2, 0) is 13.0 Å². The zero-order valence-corrected chi connectivity index (χ0v) is 13.3. The molecule has 0 amide bonds. The monoisotopic (exact) mass is 341 g/mol. The van der Waals surface area contributed by atoms with E-state index < -0.39 is 0 Å². The molecule has 0 saturated heterocycles. The van der Waals surface area contributed by atoms with Crippen molar-refractivity contribution in [3.05, 3.63) is 33.2 Å². The van der Waals surface area contributed by atoms with Gasteiger partial charge in [-0.3, -0.25) is 0 Å². The molecule has 0 spiro atoms. The Morgan fingerprint density at radius 3 is 2.89 bits per heavy atom. The van der Waals surface area contributed by atoms with Crippen LogP contribution in [0.2, 0.25) is 0 Å². The first-order valence-corrected chi connectivity index (χ1v) is 7.69. The molecule has 0 unspecified atom stereocenters. The van der Waals surface area contributed by atoms with Gasteiger partial charge in [-0.2, -0.15) is 0 Å². The molecule has 0 fully saturated rings. The average molecular weight is 342 g/mol. The molecule has 19 heavy (non-hydrogen) atoms. The normalized spacial score (nSPS) is 10.9. The van der Waals surface area contributed by atoms with Crippen molar-refractivity contribution >= 4 is 32.4 Å². The highest BCUT2D eigenvalue weighted by Crippen LogP contribution is 2.24. The number of nitrogens with one attached hydrogen (secondary N) is 1. The zero-order chi connectivity index (χ0) is 13.8. The lowest BCUT2D eigenvalue weighted by Gasteiger charge is -2.05. The van der Waals surface area contributed by atoms with Crippen molar-refractivity contribution in [1.82, 2.24) is 10.2 Å². The summed E-state index contributed by atoms with van der Waals surface area (Å²) in [5.74, 6) is 0.859. The largest absolute Gasteiger partial charge is 0.508 e. The maximum absolute atomic E-state index is 9.74. The van der Waals surface area contributed by atoms with Gasteiger partial charge in [-0.15, -0.1) is 10.2 Å². The Balaban J connectivity index is 1.98. The number of aromatic hydroxyl groups is 1. The van der Waals surface area contributed by atoms with Crippen LogP contribution < -0.4 is 5.32 Å². The second kappa shape index (κ2) is 6.34. The van der Waals surface area contributed by atoms with Crippen LogP contribution in [0.4, 0.5) is 5.13 Å². The van der Waals surface area contributed by atoms with E-state index in [1.165, 1.54) is 0 Å². The van der Waals surface area contributed by atoms with Crippen molar-refractivity contribution in [2.24, 2.45) is 5.92 Å². The van der Waals surface area contributed by atoms with Gasteiger partial charge in [-0.25, -0.2) is 0 Å². The molecule has 1 aromatic carbocycles. The van der Waals surface area contributed by atoms with Gasteiger partial charge in [-0.05, 0) is 24.1 Å². The topological polar surface area (TPSA) is 58.0 Å². The molecular weight excluding hydrogens is 326 g/mol. The van der Waals surface area contributed by atoms with E-state index in [-0.39, 0.29) is 5.75 Å². The molecule has 0 saturated carbocycles. The predicted molar refractivity (Wildman–Crippen MR) is 81.6 cm³/mol. The van der Waals surface area contributed by atoms with Gasteiger partial charge in [0.15, 0.2) is 0 Å². The molecule has 0 aliphatic carbocycles. The molecule has 1 heterocycles. The van der Waals surface area contributed by atoms with E-state index >= 15 is 0 Å². The van der Waals surface area contributed by atoms with E-state index in [1.54, 1.807) is 17.4 Å². The summed E-state index contributed by atoms with van der Waals surface area (Å²) < 4.78 is 0.944. The molecule has 102 valence electrons. The van der Waals surface area contributed by atoms with E-state index in [0.717, 1.165) is 26.6 Å². The van der Waals surface area contributed by atoms with E-state index in [2.05, 4.69) is 45.3 Å². The van der Waals surface area contributed by atoms with Gasteiger partial charge in [0.1, 0.15) is 10.8 Å². The molecule has 2 rings (SSSR count). The standard InChI is InChI=1S/C13H16BrN3OS/c1-8(2)5-12-16-17-13(19-12)15-7-9-6-10(14)3-4-11(9)18/h3-4,6,8,18H,5,7H2,1-2H3,(H,15,17). The Morgan fingerprint density at radius 1 is 1.37 bits per heavy atom. The summed E-state index contributed by atoms with van der Waals surface area (Å²) in [4.78, 5) is 0. The van der Waals surface area contributed by atoms with Crippen LogP contribution >= 0.6 is 27.3 Å². The Kier molecular flexibility index (Phi) is 4.76.